The summed E-state index contributed by atoms with van der Waals surface area (Å²) in [5.74, 6) is 1.30. The van der Waals surface area contributed by atoms with Gasteiger partial charge in [-0.2, -0.15) is 0 Å². The molecule has 0 spiro atoms. The largest absolute Gasteiger partial charge is 0.494 e. The van der Waals surface area contributed by atoms with Gasteiger partial charge in [0.15, 0.2) is 11.6 Å². The van der Waals surface area contributed by atoms with E-state index >= 15 is 0 Å². The van der Waals surface area contributed by atoms with Crippen molar-refractivity contribution in [2.45, 2.75) is 38.9 Å². The zero-order valence-corrected chi connectivity index (χ0v) is 18.2. The molecule has 1 saturated heterocycles. The Morgan fingerprint density at radius 3 is 1.94 bits per heavy atom. The van der Waals surface area contributed by atoms with Gasteiger partial charge in [0.05, 0.1) is 11.2 Å². The molecule has 1 fully saturated rings. The van der Waals surface area contributed by atoms with Crippen molar-refractivity contribution >= 4 is 23.4 Å². The third-order valence-electron chi connectivity index (χ3n) is 6.27. The van der Waals surface area contributed by atoms with E-state index in [4.69, 9.17) is 14.3 Å². The van der Waals surface area contributed by atoms with E-state index in [0.29, 0.717) is 11.6 Å². The van der Waals surface area contributed by atoms with Gasteiger partial charge in [-0.3, -0.25) is 0 Å². The highest BCUT2D eigenvalue weighted by atomic mass is 16.7. The quantitative estimate of drug-likeness (QED) is 0.461. The first-order chi connectivity index (χ1) is 14.8. The summed E-state index contributed by atoms with van der Waals surface area (Å²) >= 11 is 0. The van der Waals surface area contributed by atoms with Crippen molar-refractivity contribution < 1.29 is 9.31 Å². The maximum atomic E-state index is 6.14. The molecule has 0 atom stereocenters. The fourth-order valence-electron chi connectivity index (χ4n) is 3.67. The second kappa shape index (κ2) is 7.25. The normalized spacial score (nSPS) is 17.2. The van der Waals surface area contributed by atoms with Crippen LogP contribution in [-0.2, 0) is 9.31 Å². The number of hydrogen-bond donors (Lipinski definition) is 0. The summed E-state index contributed by atoms with van der Waals surface area (Å²) in [4.78, 5) is 13.5. The molecule has 1 aliphatic rings. The van der Waals surface area contributed by atoms with Crippen LogP contribution >= 0.6 is 0 Å². The van der Waals surface area contributed by atoms with E-state index in [9.17, 15) is 0 Å². The van der Waals surface area contributed by atoms with Crippen LogP contribution in [0.3, 0.4) is 0 Å². The highest BCUT2D eigenvalue weighted by Crippen LogP contribution is 2.36. The topological polar surface area (TPSA) is 57.1 Å². The summed E-state index contributed by atoms with van der Waals surface area (Å²) in [5.41, 5.74) is 2.14. The Labute approximate surface area is 182 Å². The van der Waals surface area contributed by atoms with Gasteiger partial charge in [0.1, 0.15) is 6.33 Å². The van der Waals surface area contributed by atoms with Crippen LogP contribution in [0, 0.1) is 0 Å². The second-order valence-electron chi connectivity index (χ2n) is 8.90. The van der Waals surface area contributed by atoms with E-state index in [1.165, 1.54) is 5.39 Å². The van der Waals surface area contributed by atoms with Gasteiger partial charge < -0.3 is 9.31 Å². The van der Waals surface area contributed by atoms with Gasteiger partial charge in [-0.1, -0.05) is 60.7 Å². The maximum Gasteiger partial charge on any atom is 0.494 e. The van der Waals surface area contributed by atoms with E-state index in [0.717, 1.165) is 22.0 Å². The van der Waals surface area contributed by atoms with Crippen LogP contribution in [0.5, 0.6) is 0 Å². The second-order valence-corrected chi connectivity index (χ2v) is 8.90. The van der Waals surface area contributed by atoms with Crippen molar-refractivity contribution in [3.8, 4) is 22.8 Å². The Morgan fingerprint density at radius 1 is 0.677 bits per heavy atom. The molecule has 0 aliphatic carbocycles. The maximum absolute atomic E-state index is 6.14. The molecular weight excluding hydrogens is 385 g/mol. The lowest BCUT2D eigenvalue weighted by atomic mass is 9.79. The molecule has 0 bridgehead atoms. The van der Waals surface area contributed by atoms with Crippen molar-refractivity contribution in [3.05, 3.63) is 73.1 Å². The molecule has 5 nitrogen and oxygen atoms in total. The minimum absolute atomic E-state index is 0.362. The van der Waals surface area contributed by atoms with Crippen LogP contribution in [0.2, 0.25) is 0 Å². The Kier molecular flexibility index (Phi) is 4.65. The average molecular weight is 409 g/mol. The Hall–Kier alpha value is -3.09. The minimum atomic E-state index is -0.384. The zero-order chi connectivity index (χ0) is 21.6. The first-order valence-corrected chi connectivity index (χ1v) is 10.5. The lowest BCUT2D eigenvalue weighted by Crippen LogP contribution is -2.41. The molecule has 31 heavy (non-hydrogen) atoms. The molecule has 0 N–H and O–H groups in total. The highest BCUT2D eigenvalue weighted by Gasteiger charge is 2.51. The van der Waals surface area contributed by atoms with Crippen LogP contribution in [0.15, 0.2) is 73.1 Å². The summed E-state index contributed by atoms with van der Waals surface area (Å²) in [5, 5.41) is 2.35. The number of aromatic nitrogens is 3. The van der Waals surface area contributed by atoms with Gasteiger partial charge >= 0.3 is 7.12 Å². The monoisotopic (exact) mass is 409 g/mol. The Balaban J connectivity index is 1.42. The average Bonchev–Trinajstić information content (AvgIpc) is 3.00. The fourth-order valence-corrected chi connectivity index (χ4v) is 3.67. The Bertz CT molecular complexity index is 1240. The smallest absolute Gasteiger partial charge is 0.399 e. The van der Waals surface area contributed by atoms with Gasteiger partial charge in [-0.25, -0.2) is 15.0 Å². The van der Waals surface area contributed by atoms with E-state index in [-0.39, 0.29) is 18.3 Å². The van der Waals surface area contributed by atoms with Crippen molar-refractivity contribution in [2.24, 2.45) is 0 Å². The fraction of sp³-hybridized carbons (Fsp3) is 0.240. The standard InChI is InChI=1S/C25H24BN3O2/c1-24(2)25(3,4)31-26(30-24)21-13-11-18(12-14-21)22-27-16-28-23(29-22)20-10-9-17-7-5-6-8-19(17)15-20/h5-16H,1-4H3. The summed E-state index contributed by atoms with van der Waals surface area (Å²) in [6, 6.07) is 22.5. The van der Waals surface area contributed by atoms with Crippen LogP contribution in [0.4, 0.5) is 0 Å². The predicted octanol–water partition coefficient (Wildman–Crippen LogP) is 4.66. The van der Waals surface area contributed by atoms with Gasteiger partial charge in [0.2, 0.25) is 0 Å². The molecule has 1 aromatic heterocycles. The van der Waals surface area contributed by atoms with Crippen LogP contribution in [0.1, 0.15) is 27.7 Å². The molecule has 5 rings (SSSR count). The molecule has 4 aromatic rings. The molecule has 0 radical (unpaired) electrons. The summed E-state index contributed by atoms with van der Waals surface area (Å²) in [6.45, 7) is 8.22. The number of rotatable bonds is 3. The Morgan fingerprint density at radius 2 is 1.26 bits per heavy atom. The lowest BCUT2D eigenvalue weighted by molar-refractivity contribution is 0.00578. The first-order valence-electron chi connectivity index (χ1n) is 10.5. The predicted molar refractivity (Wildman–Crippen MR) is 124 cm³/mol. The van der Waals surface area contributed by atoms with Gasteiger partial charge in [-0.15, -0.1) is 0 Å². The van der Waals surface area contributed by atoms with Gasteiger partial charge in [0.25, 0.3) is 0 Å². The van der Waals surface area contributed by atoms with Crippen molar-refractivity contribution in [1.82, 2.24) is 15.0 Å². The lowest BCUT2D eigenvalue weighted by Gasteiger charge is -2.32. The highest BCUT2D eigenvalue weighted by molar-refractivity contribution is 6.62. The molecule has 1 aliphatic heterocycles. The number of fused-ring (bicyclic) bond motifs is 1. The third-order valence-corrected chi connectivity index (χ3v) is 6.27. The van der Waals surface area contributed by atoms with Gasteiger partial charge in [-0.05, 0) is 50.0 Å². The first kappa shape index (κ1) is 19.9. The number of nitrogens with zero attached hydrogens (tertiary/aromatic N) is 3. The van der Waals surface area contributed by atoms with E-state index in [1.807, 2.05) is 42.5 Å². The molecule has 3 aromatic carbocycles. The van der Waals surface area contributed by atoms with E-state index in [2.05, 4.69) is 61.9 Å². The van der Waals surface area contributed by atoms with E-state index < -0.39 is 0 Å². The molecule has 154 valence electrons. The van der Waals surface area contributed by atoms with Crippen LogP contribution in [0.25, 0.3) is 33.5 Å². The molecule has 0 amide bonds. The molecule has 2 heterocycles. The minimum Gasteiger partial charge on any atom is -0.399 e. The van der Waals surface area contributed by atoms with Crippen LogP contribution in [-0.4, -0.2) is 33.3 Å². The van der Waals surface area contributed by atoms with Gasteiger partial charge in [0, 0.05) is 11.1 Å². The molecule has 0 saturated carbocycles. The SMILES string of the molecule is CC1(C)OB(c2ccc(-c3ncnc(-c4ccc5ccccc5c4)n3)cc2)OC1(C)C. The number of hydrogen-bond acceptors (Lipinski definition) is 5. The third kappa shape index (κ3) is 3.62. The summed E-state index contributed by atoms with van der Waals surface area (Å²) < 4.78 is 12.3. The van der Waals surface area contributed by atoms with Crippen molar-refractivity contribution in [1.29, 1.82) is 0 Å². The zero-order valence-electron chi connectivity index (χ0n) is 18.2. The summed E-state index contributed by atoms with van der Waals surface area (Å²) in [6.07, 6.45) is 1.56. The van der Waals surface area contributed by atoms with Crippen molar-refractivity contribution in [3.63, 3.8) is 0 Å². The number of benzene rings is 3. The molecule has 0 unspecified atom stereocenters. The molecule has 6 heteroatoms. The van der Waals surface area contributed by atoms with Crippen molar-refractivity contribution in [2.75, 3.05) is 0 Å². The van der Waals surface area contributed by atoms with E-state index in [1.54, 1.807) is 6.33 Å². The van der Waals surface area contributed by atoms with Crippen LogP contribution < -0.4 is 5.46 Å². The summed E-state index contributed by atoms with van der Waals surface area (Å²) in [7, 11) is -0.384. The molecular formula is C25H24BN3O2.